The van der Waals surface area contributed by atoms with E-state index in [1.807, 2.05) is 48.5 Å². The van der Waals surface area contributed by atoms with Gasteiger partial charge in [-0.2, -0.15) is 0 Å². The normalized spacial score (nSPS) is 12.2. The molecule has 0 aromatic heterocycles. The van der Waals surface area contributed by atoms with Gasteiger partial charge >= 0.3 is 0 Å². The molecule has 0 saturated heterocycles. The van der Waals surface area contributed by atoms with E-state index in [1.54, 1.807) is 12.1 Å². The molecule has 1 N–H and O–H groups in total. The van der Waals surface area contributed by atoms with Crippen molar-refractivity contribution in [1.29, 1.82) is 0 Å². The third-order valence-corrected chi connectivity index (χ3v) is 3.14. The second kappa shape index (κ2) is 6.30. The van der Waals surface area contributed by atoms with Gasteiger partial charge in [-0.1, -0.05) is 48.5 Å². The van der Waals surface area contributed by atoms with Gasteiger partial charge in [0, 0.05) is 0 Å². The van der Waals surface area contributed by atoms with Gasteiger partial charge in [0.15, 0.2) is 0 Å². The van der Waals surface area contributed by atoms with Gasteiger partial charge in [-0.05, 0) is 17.7 Å². The Morgan fingerprint density at radius 2 is 1.53 bits per heavy atom. The van der Waals surface area contributed by atoms with Gasteiger partial charge in [-0.15, -0.1) is 4.89 Å². The van der Waals surface area contributed by atoms with Crippen molar-refractivity contribution in [2.75, 3.05) is 0 Å². The highest BCUT2D eigenvalue weighted by atomic mass is 32.2. The number of benzene rings is 2. The molecule has 1 atom stereocenters. The lowest BCUT2D eigenvalue weighted by Crippen LogP contribution is -2.17. The molecule has 17 heavy (non-hydrogen) atoms. The lowest BCUT2D eigenvalue weighted by molar-refractivity contribution is 0.0833. The average Bonchev–Trinajstić information content (AvgIpc) is 2.41. The molecule has 0 spiro atoms. The maximum absolute atomic E-state index is 11.7. The van der Waals surface area contributed by atoms with Crippen LogP contribution in [0.4, 0.5) is 0 Å². The summed E-state index contributed by atoms with van der Waals surface area (Å²) in [6.07, 6.45) is 0. The Labute approximate surface area is 103 Å². The Hall–Kier alpha value is -1.49. The summed E-state index contributed by atoms with van der Waals surface area (Å²) in [6.45, 7) is 0.388. The SMILES string of the molecule is O=S(NOCc1ccccc1)c1ccccc1. The molecule has 4 heteroatoms. The van der Waals surface area contributed by atoms with Gasteiger partial charge in [0.05, 0.1) is 11.5 Å². The Morgan fingerprint density at radius 3 is 2.18 bits per heavy atom. The smallest absolute Gasteiger partial charge is 0.148 e. The average molecular weight is 247 g/mol. The first-order valence-corrected chi connectivity index (χ1v) is 6.39. The minimum Gasteiger partial charge on any atom is -0.284 e. The van der Waals surface area contributed by atoms with Crippen LogP contribution in [-0.4, -0.2) is 4.21 Å². The number of hydrogen-bond donors (Lipinski definition) is 1. The van der Waals surface area contributed by atoms with Gasteiger partial charge in [0.25, 0.3) is 0 Å². The zero-order valence-corrected chi connectivity index (χ0v) is 10.0. The van der Waals surface area contributed by atoms with Gasteiger partial charge in [-0.3, -0.25) is 4.84 Å². The number of hydrogen-bond acceptors (Lipinski definition) is 2. The van der Waals surface area contributed by atoms with Crippen LogP contribution in [0.15, 0.2) is 65.6 Å². The Kier molecular flexibility index (Phi) is 4.44. The van der Waals surface area contributed by atoms with Gasteiger partial charge in [-0.25, -0.2) is 4.21 Å². The third kappa shape index (κ3) is 3.78. The first kappa shape index (κ1) is 12.0. The quantitative estimate of drug-likeness (QED) is 0.824. The molecule has 0 saturated carbocycles. The van der Waals surface area contributed by atoms with E-state index in [4.69, 9.17) is 4.84 Å². The maximum Gasteiger partial charge on any atom is 0.148 e. The number of nitrogens with one attached hydrogen (secondary N) is 1. The minimum atomic E-state index is -1.33. The van der Waals surface area contributed by atoms with E-state index in [0.29, 0.717) is 11.5 Å². The second-order valence-corrected chi connectivity index (χ2v) is 4.61. The molecule has 0 heterocycles. The van der Waals surface area contributed by atoms with Crippen LogP contribution in [0.5, 0.6) is 0 Å². The molecule has 0 radical (unpaired) electrons. The summed E-state index contributed by atoms with van der Waals surface area (Å²) in [7, 11) is -1.33. The van der Waals surface area contributed by atoms with Crippen LogP contribution < -0.4 is 4.89 Å². The van der Waals surface area contributed by atoms with E-state index in [1.165, 1.54) is 0 Å². The fraction of sp³-hybridized carbons (Fsp3) is 0.0769. The van der Waals surface area contributed by atoms with Crippen molar-refractivity contribution in [2.24, 2.45) is 0 Å². The van der Waals surface area contributed by atoms with Crippen LogP contribution in [-0.2, 0) is 22.4 Å². The van der Waals surface area contributed by atoms with Crippen molar-refractivity contribution in [1.82, 2.24) is 4.89 Å². The van der Waals surface area contributed by atoms with E-state index < -0.39 is 11.0 Å². The van der Waals surface area contributed by atoms with Crippen molar-refractivity contribution in [3.63, 3.8) is 0 Å². The molecule has 0 aliphatic heterocycles. The van der Waals surface area contributed by atoms with E-state index in [0.717, 1.165) is 5.56 Å². The largest absolute Gasteiger partial charge is 0.284 e. The third-order valence-electron chi connectivity index (χ3n) is 2.17. The van der Waals surface area contributed by atoms with E-state index in [2.05, 4.69) is 4.89 Å². The molecule has 0 fully saturated rings. The first-order chi connectivity index (χ1) is 8.36. The Balaban J connectivity index is 1.82. The molecule has 0 amide bonds. The van der Waals surface area contributed by atoms with Crippen LogP contribution in [0.1, 0.15) is 5.56 Å². The molecule has 1 unspecified atom stereocenters. The molecular weight excluding hydrogens is 234 g/mol. The van der Waals surface area contributed by atoms with Crippen LogP contribution in [0.3, 0.4) is 0 Å². The van der Waals surface area contributed by atoms with Crippen LogP contribution in [0.25, 0.3) is 0 Å². The van der Waals surface area contributed by atoms with Gasteiger partial charge in [0.2, 0.25) is 0 Å². The summed E-state index contributed by atoms with van der Waals surface area (Å²) < 4.78 is 11.7. The molecule has 2 aromatic carbocycles. The zero-order valence-electron chi connectivity index (χ0n) is 9.21. The fourth-order valence-corrected chi connectivity index (χ4v) is 2.00. The lowest BCUT2D eigenvalue weighted by Gasteiger charge is -2.05. The van der Waals surface area contributed by atoms with Crippen molar-refractivity contribution in [2.45, 2.75) is 11.5 Å². The summed E-state index contributed by atoms with van der Waals surface area (Å²) in [4.78, 5) is 8.40. The zero-order chi connectivity index (χ0) is 11.9. The summed E-state index contributed by atoms with van der Waals surface area (Å²) in [5.74, 6) is 0. The van der Waals surface area contributed by atoms with Crippen molar-refractivity contribution in [3.8, 4) is 0 Å². The highest BCUT2D eigenvalue weighted by molar-refractivity contribution is 7.82. The van der Waals surface area contributed by atoms with Gasteiger partial charge in [0.1, 0.15) is 11.0 Å². The van der Waals surface area contributed by atoms with E-state index >= 15 is 0 Å². The summed E-state index contributed by atoms with van der Waals surface area (Å²) >= 11 is 0. The maximum atomic E-state index is 11.7. The van der Waals surface area contributed by atoms with Crippen LogP contribution >= 0.6 is 0 Å². The first-order valence-electron chi connectivity index (χ1n) is 5.24. The van der Waals surface area contributed by atoms with Gasteiger partial charge < -0.3 is 0 Å². The molecule has 0 aliphatic rings. The molecular formula is C13H13NO2S. The summed E-state index contributed by atoms with van der Waals surface area (Å²) in [6, 6.07) is 18.9. The molecule has 2 aromatic rings. The topological polar surface area (TPSA) is 38.3 Å². The van der Waals surface area contributed by atoms with Crippen molar-refractivity contribution < 1.29 is 9.05 Å². The van der Waals surface area contributed by atoms with Crippen molar-refractivity contribution in [3.05, 3.63) is 66.2 Å². The molecule has 0 aliphatic carbocycles. The fourth-order valence-electron chi connectivity index (χ4n) is 1.33. The molecule has 0 bridgehead atoms. The highest BCUT2D eigenvalue weighted by Crippen LogP contribution is 2.04. The van der Waals surface area contributed by atoms with Crippen LogP contribution in [0, 0.1) is 0 Å². The minimum absolute atomic E-state index is 0.388. The molecule has 3 nitrogen and oxygen atoms in total. The van der Waals surface area contributed by atoms with E-state index in [-0.39, 0.29) is 0 Å². The van der Waals surface area contributed by atoms with Crippen LogP contribution in [0.2, 0.25) is 0 Å². The Morgan fingerprint density at radius 1 is 0.941 bits per heavy atom. The van der Waals surface area contributed by atoms with Crippen molar-refractivity contribution >= 4 is 11.0 Å². The predicted molar refractivity (Wildman–Crippen MR) is 67.2 cm³/mol. The predicted octanol–water partition coefficient (Wildman–Crippen LogP) is 2.43. The summed E-state index contributed by atoms with van der Waals surface area (Å²) in [5, 5.41) is 0. The second-order valence-electron chi connectivity index (χ2n) is 3.44. The Bertz CT molecular complexity index is 473. The molecule has 88 valence electrons. The molecule has 2 rings (SSSR count). The standard InChI is InChI=1S/C13H13NO2S/c15-17(13-9-5-2-6-10-13)14-16-11-12-7-3-1-4-8-12/h1-10,14H,11H2. The summed E-state index contributed by atoms with van der Waals surface area (Å²) in [5.41, 5.74) is 1.03. The lowest BCUT2D eigenvalue weighted by atomic mass is 10.2. The highest BCUT2D eigenvalue weighted by Gasteiger charge is 2.01. The van der Waals surface area contributed by atoms with E-state index in [9.17, 15) is 4.21 Å². The number of rotatable bonds is 5. The monoisotopic (exact) mass is 247 g/mol.